The second-order valence-corrected chi connectivity index (χ2v) is 3.61. The van der Waals surface area contributed by atoms with Gasteiger partial charge in [0, 0.05) is 6.20 Å². The summed E-state index contributed by atoms with van der Waals surface area (Å²) >= 11 is 4.21. The summed E-state index contributed by atoms with van der Waals surface area (Å²) in [6.45, 7) is 2.07. The van der Waals surface area contributed by atoms with Crippen LogP contribution in [0.2, 0.25) is 0 Å². The van der Waals surface area contributed by atoms with E-state index in [1.165, 1.54) is 6.20 Å². The molecule has 5 nitrogen and oxygen atoms in total. The molecule has 6 heteroatoms. The summed E-state index contributed by atoms with van der Waals surface area (Å²) in [5, 5.41) is 0.418. The first-order valence-corrected chi connectivity index (χ1v) is 5.53. The van der Waals surface area contributed by atoms with Crippen LogP contribution in [0.1, 0.15) is 17.4 Å². The Balaban J connectivity index is 2.47. The van der Waals surface area contributed by atoms with Crippen LogP contribution in [0.3, 0.4) is 0 Å². The number of hydrogen-bond acceptors (Lipinski definition) is 5. The van der Waals surface area contributed by atoms with Gasteiger partial charge in [-0.05, 0) is 19.1 Å². The van der Waals surface area contributed by atoms with Crippen molar-refractivity contribution in [3.05, 3.63) is 36.4 Å². The maximum absolute atomic E-state index is 11.7. The molecule has 0 aliphatic heterocycles. The van der Waals surface area contributed by atoms with Crippen LogP contribution in [0.5, 0.6) is 0 Å². The summed E-state index contributed by atoms with van der Waals surface area (Å²) in [5.74, 6) is -0.427. The second kappa shape index (κ2) is 5.01. The molecule has 0 bridgehead atoms. The highest BCUT2D eigenvalue weighted by molar-refractivity contribution is 7.80. The molecule has 0 unspecified atom stereocenters. The van der Waals surface area contributed by atoms with Crippen LogP contribution in [0.25, 0.3) is 5.69 Å². The largest absolute Gasteiger partial charge is 0.461 e. The van der Waals surface area contributed by atoms with Gasteiger partial charge in [0.25, 0.3) is 0 Å². The SMILES string of the molecule is CCOC(=O)c1cnc(S)n1-c1cccnc1. The summed E-state index contributed by atoms with van der Waals surface area (Å²) in [5.41, 5.74) is 1.06. The van der Waals surface area contributed by atoms with Gasteiger partial charge in [-0.2, -0.15) is 0 Å². The molecule has 0 aromatic carbocycles. The van der Waals surface area contributed by atoms with Gasteiger partial charge in [-0.1, -0.05) is 0 Å². The Kier molecular flexibility index (Phi) is 3.43. The number of carbonyl (C=O) groups excluding carboxylic acids is 1. The van der Waals surface area contributed by atoms with Crippen LogP contribution in [0.4, 0.5) is 0 Å². The zero-order valence-corrected chi connectivity index (χ0v) is 10.1. The molecule has 0 N–H and O–H groups in total. The Morgan fingerprint density at radius 3 is 3.00 bits per heavy atom. The van der Waals surface area contributed by atoms with Crippen LogP contribution in [0.15, 0.2) is 35.9 Å². The molecule has 88 valence electrons. The lowest BCUT2D eigenvalue weighted by Crippen LogP contribution is -2.11. The van der Waals surface area contributed by atoms with Crippen LogP contribution in [0, 0.1) is 0 Å². The highest BCUT2D eigenvalue weighted by Crippen LogP contribution is 2.17. The minimum Gasteiger partial charge on any atom is -0.461 e. The predicted octanol–water partition coefficient (Wildman–Crippen LogP) is 1.73. The van der Waals surface area contributed by atoms with Gasteiger partial charge in [-0.3, -0.25) is 9.55 Å². The molecular weight excluding hydrogens is 238 g/mol. The lowest BCUT2D eigenvalue weighted by molar-refractivity contribution is 0.0516. The quantitative estimate of drug-likeness (QED) is 0.665. The number of esters is 1. The lowest BCUT2D eigenvalue weighted by atomic mass is 10.4. The maximum atomic E-state index is 11.7. The molecule has 0 radical (unpaired) electrons. The minimum absolute atomic E-state index is 0.318. The number of nitrogens with zero attached hydrogens (tertiary/aromatic N) is 3. The van der Waals surface area contributed by atoms with Gasteiger partial charge in [0.2, 0.25) is 0 Å². The van der Waals surface area contributed by atoms with E-state index in [1.54, 1.807) is 30.0 Å². The molecular formula is C11H11N3O2S. The smallest absolute Gasteiger partial charge is 0.357 e. The second-order valence-electron chi connectivity index (χ2n) is 3.21. The first-order chi connectivity index (χ1) is 8.24. The van der Waals surface area contributed by atoms with E-state index in [4.69, 9.17) is 4.74 Å². The Bertz CT molecular complexity index is 525. The van der Waals surface area contributed by atoms with E-state index in [-0.39, 0.29) is 0 Å². The summed E-state index contributed by atoms with van der Waals surface area (Å²) in [6.07, 6.45) is 4.72. The van der Waals surface area contributed by atoms with Crippen LogP contribution in [-0.4, -0.2) is 27.1 Å². The first-order valence-electron chi connectivity index (χ1n) is 5.08. The Labute approximate surface area is 104 Å². The molecule has 0 aliphatic rings. The fourth-order valence-corrected chi connectivity index (χ4v) is 1.71. The van der Waals surface area contributed by atoms with Crippen molar-refractivity contribution in [3.63, 3.8) is 0 Å². The average molecular weight is 249 g/mol. The van der Waals surface area contributed by atoms with Crippen LogP contribution in [-0.2, 0) is 4.74 Å². The van der Waals surface area contributed by atoms with Crippen molar-refractivity contribution >= 4 is 18.6 Å². The van der Waals surface area contributed by atoms with Crippen molar-refractivity contribution in [1.82, 2.24) is 14.5 Å². The van der Waals surface area contributed by atoms with Crippen molar-refractivity contribution in [3.8, 4) is 5.69 Å². The van der Waals surface area contributed by atoms with E-state index in [2.05, 4.69) is 22.6 Å². The fourth-order valence-electron chi connectivity index (χ4n) is 1.43. The predicted molar refractivity (Wildman–Crippen MR) is 64.6 cm³/mol. The number of rotatable bonds is 3. The molecule has 2 aromatic heterocycles. The highest BCUT2D eigenvalue weighted by Gasteiger charge is 2.17. The van der Waals surface area contributed by atoms with E-state index in [0.29, 0.717) is 17.5 Å². The molecule has 0 amide bonds. The number of thiol groups is 1. The van der Waals surface area contributed by atoms with E-state index in [1.807, 2.05) is 6.07 Å². The van der Waals surface area contributed by atoms with Crippen molar-refractivity contribution in [2.24, 2.45) is 0 Å². The number of hydrogen-bond donors (Lipinski definition) is 1. The van der Waals surface area contributed by atoms with Gasteiger partial charge in [0.05, 0.1) is 24.7 Å². The average Bonchev–Trinajstić information content (AvgIpc) is 2.73. The molecule has 0 fully saturated rings. The van der Waals surface area contributed by atoms with E-state index >= 15 is 0 Å². The Morgan fingerprint density at radius 2 is 2.35 bits per heavy atom. The maximum Gasteiger partial charge on any atom is 0.357 e. The number of pyridine rings is 1. The van der Waals surface area contributed by atoms with Gasteiger partial charge in [0.15, 0.2) is 10.9 Å². The van der Waals surface area contributed by atoms with Crippen molar-refractivity contribution in [2.75, 3.05) is 6.61 Å². The van der Waals surface area contributed by atoms with Crippen molar-refractivity contribution < 1.29 is 9.53 Å². The highest BCUT2D eigenvalue weighted by atomic mass is 32.1. The standard InChI is InChI=1S/C11H11N3O2S/c1-2-16-10(15)9-7-13-11(17)14(9)8-4-3-5-12-6-8/h3-7H,2H2,1H3,(H,13,17). The summed E-state index contributed by atoms with van der Waals surface area (Å²) < 4.78 is 6.54. The van der Waals surface area contributed by atoms with Crippen molar-refractivity contribution in [1.29, 1.82) is 0 Å². The number of carbonyl (C=O) groups is 1. The van der Waals surface area contributed by atoms with Gasteiger partial charge < -0.3 is 4.74 Å². The molecule has 2 rings (SSSR count). The normalized spacial score (nSPS) is 10.2. The lowest BCUT2D eigenvalue weighted by Gasteiger charge is -2.08. The summed E-state index contributed by atoms with van der Waals surface area (Å²) in [4.78, 5) is 19.7. The number of aromatic nitrogens is 3. The van der Waals surface area contributed by atoms with Crippen molar-refractivity contribution in [2.45, 2.75) is 12.1 Å². The van der Waals surface area contributed by atoms with E-state index in [9.17, 15) is 4.79 Å². The van der Waals surface area contributed by atoms with E-state index in [0.717, 1.165) is 5.69 Å². The third-order valence-corrected chi connectivity index (χ3v) is 2.45. The molecule has 0 saturated carbocycles. The molecule has 0 spiro atoms. The fraction of sp³-hybridized carbons (Fsp3) is 0.182. The Morgan fingerprint density at radius 1 is 1.53 bits per heavy atom. The van der Waals surface area contributed by atoms with Crippen LogP contribution < -0.4 is 0 Å². The minimum atomic E-state index is -0.427. The summed E-state index contributed by atoms with van der Waals surface area (Å²) in [6, 6.07) is 3.59. The summed E-state index contributed by atoms with van der Waals surface area (Å²) in [7, 11) is 0. The number of ether oxygens (including phenoxy) is 1. The molecule has 17 heavy (non-hydrogen) atoms. The molecule has 0 saturated heterocycles. The topological polar surface area (TPSA) is 57.0 Å². The molecule has 2 heterocycles. The van der Waals surface area contributed by atoms with Crippen LogP contribution >= 0.6 is 12.6 Å². The van der Waals surface area contributed by atoms with Gasteiger partial charge >= 0.3 is 5.97 Å². The molecule has 0 atom stereocenters. The third kappa shape index (κ3) is 2.31. The zero-order chi connectivity index (χ0) is 12.3. The zero-order valence-electron chi connectivity index (χ0n) is 9.20. The first kappa shape index (κ1) is 11.7. The number of imidazole rings is 1. The van der Waals surface area contributed by atoms with Gasteiger partial charge in [0.1, 0.15) is 0 Å². The Hall–Kier alpha value is -1.82. The van der Waals surface area contributed by atoms with E-state index < -0.39 is 5.97 Å². The monoisotopic (exact) mass is 249 g/mol. The van der Waals surface area contributed by atoms with Gasteiger partial charge in [-0.25, -0.2) is 9.78 Å². The van der Waals surface area contributed by atoms with Gasteiger partial charge in [-0.15, -0.1) is 12.6 Å². The molecule has 2 aromatic rings. The molecule has 0 aliphatic carbocycles. The third-order valence-electron chi connectivity index (χ3n) is 2.13.